The predicted octanol–water partition coefficient (Wildman–Crippen LogP) is 3.93. The number of rotatable bonds is 5. The molecule has 0 aromatic carbocycles. The smallest absolute Gasteiger partial charge is 0.244 e. The van der Waals surface area contributed by atoms with Crippen molar-refractivity contribution < 1.29 is 4.79 Å². The summed E-state index contributed by atoms with van der Waals surface area (Å²) in [6.45, 7) is 11.0. The van der Waals surface area contributed by atoms with E-state index in [1.54, 1.807) is 0 Å². The molecular weight excluding hydrogens is 260 g/mol. The molecular formula is C18H34N2O. The van der Waals surface area contributed by atoms with Gasteiger partial charge in [0, 0.05) is 6.04 Å². The SMILES string of the molecule is CCC1CCC(N2C(=O)C(C)(CC)NC2CC(C)C)CC1. The van der Waals surface area contributed by atoms with Crippen LogP contribution < -0.4 is 5.32 Å². The van der Waals surface area contributed by atoms with E-state index >= 15 is 0 Å². The van der Waals surface area contributed by atoms with Gasteiger partial charge >= 0.3 is 0 Å². The molecule has 1 heterocycles. The predicted molar refractivity (Wildman–Crippen MR) is 88.0 cm³/mol. The fourth-order valence-corrected chi connectivity index (χ4v) is 4.05. The van der Waals surface area contributed by atoms with Crippen LogP contribution in [0, 0.1) is 11.8 Å². The number of hydrogen-bond acceptors (Lipinski definition) is 2. The fraction of sp³-hybridized carbons (Fsp3) is 0.944. The van der Waals surface area contributed by atoms with Crippen molar-refractivity contribution in [3.63, 3.8) is 0 Å². The average Bonchev–Trinajstić information content (AvgIpc) is 2.70. The molecule has 2 fully saturated rings. The number of carbonyl (C=O) groups excluding carboxylic acids is 1. The quantitative estimate of drug-likeness (QED) is 0.833. The summed E-state index contributed by atoms with van der Waals surface area (Å²) in [5, 5.41) is 3.65. The first kappa shape index (κ1) is 16.8. The Bertz CT molecular complexity index is 360. The first-order valence-corrected chi connectivity index (χ1v) is 9.01. The summed E-state index contributed by atoms with van der Waals surface area (Å²) in [4.78, 5) is 15.2. The zero-order valence-electron chi connectivity index (χ0n) is 14.6. The third-order valence-corrected chi connectivity index (χ3v) is 5.72. The Morgan fingerprint density at radius 1 is 1.24 bits per heavy atom. The highest BCUT2D eigenvalue weighted by Gasteiger charge is 2.49. The molecule has 1 N–H and O–H groups in total. The second-order valence-corrected chi connectivity index (χ2v) is 7.77. The van der Waals surface area contributed by atoms with Crippen molar-refractivity contribution in [1.82, 2.24) is 10.2 Å². The van der Waals surface area contributed by atoms with Crippen LogP contribution >= 0.6 is 0 Å². The third kappa shape index (κ3) is 3.44. The number of nitrogens with zero attached hydrogens (tertiary/aromatic N) is 1. The van der Waals surface area contributed by atoms with Gasteiger partial charge < -0.3 is 4.90 Å². The molecule has 2 rings (SSSR count). The van der Waals surface area contributed by atoms with Crippen molar-refractivity contribution in [2.75, 3.05) is 0 Å². The van der Waals surface area contributed by atoms with Crippen molar-refractivity contribution in [2.45, 2.75) is 97.3 Å². The van der Waals surface area contributed by atoms with Crippen LogP contribution in [-0.4, -0.2) is 28.6 Å². The molecule has 1 aliphatic carbocycles. The van der Waals surface area contributed by atoms with E-state index in [9.17, 15) is 4.79 Å². The summed E-state index contributed by atoms with van der Waals surface area (Å²) >= 11 is 0. The van der Waals surface area contributed by atoms with Gasteiger partial charge in [-0.15, -0.1) is 0 Å². The standard InChI is InChI=1S/C18H34N2O/c1-6-14-8-10-15(11-9-14)20-16(12-13(3)4)19-18(5,7-2)17(20)21/h13-16,19H,6-12H2,1-5H3. The van der Waals surface area contributed by atoms with E-state index in [0.29, 0.717) is 17.9 Å². The largest absolute Gasteiger partial charge is 0.323 e. The molecule has 21 heavy (non-hydrogen) atoms. The van der Waals surface area contributed by atoms with E-state index in [1.165, 1.54) is 32.1 Å². The molecule has 3 heteroatoms. The number of amides is 1. The van der Waals surface area contributed by atoms with Crippen molar-refractivity contribution in [3.05, 3.63) is 0 Å². The molecule has 0 radical (unpaired) electrons. The molecule has 0 aromatic rings. The van der Waals surface area contributed by atoms with Gasteiger partial charge in [-0.05, 0) is 57.3 Å². The number of hydrogen-bond donors (Lipinski definition) is 1. The van der Waals surface area contributed by atoms with Crippen molar-refractivity contribution in [3.8, 4) is 0 Å². The fourth-order valence-electron chi connectivity index (χ4n) is 4.05. The zero-order chi connectivity index (χ0) is 15.6. The lowest BCUT2D eigenvalue weighted by Gasteiger charge is -2.38. The lowest BCUT2D eigenvalue weighted by Crippen LogP contribution is -2.47. The van der Waals surface area contributed by atoms with Crippen LogP contribution in [0.15, 0.2) is 0 Å². The Morgan fingerprint density at radius 3 is 2.33 bits per heavy atom. The highest BCUT2D eigenvalue weighted by molar-refractivity contribution is 5.88. The summed E-state index contributed by atoms with van der Waals surface area (Å²) in [5.41, 5.74) is -0.346. The van der Waals surface area contributed by atoms with Crippen LogP contribution in [0.4, 0.5) is 0 Å². The summed E-state index contributed by atoms with van der Waals surface area (Å²) in [6.07, 6.45) is 8.45. The highest BCUT2D eigenvalue weighted by atomic mass is 16.2. The molecule has 1 saturated heterocycles. The van der Waals surface area contributed by atoms with Crippen molar-refractivity contribution >= 4 is 5.91 Å². The van der Waals surface area contributed by atoms with E-state index in [-0.39, 0.29) is 11.7 Å². The van der Waals surface area contributed by atoms with E-state index in [0.717, 1.165) is 18.8 Å². The molecule has 0 spiro atoms. The molecule has 0 bridgehead atoms. The lowest BCUT2D eigenvalue weighted by atomic mass is 9.83. The summed E-state index contributed by atoms with van der Waals surface area (Å²) in [7, 11) is 0. The zero-order valence-corrected chi connectivity index (χ0v) is 14.6. The van der Waals surface area contributed by atoms with Gasteiger partial charge in [0.15, 0.2) is 0 Å². The second-order valence-electron chi connectivity index (χ2n) is 7.77. The summed E-state index contributed by atoms with van der Waals surface area (Å²) < 4.78 is 0. The van der Waals surface area contributed by atoms with Gasteiger partial charge in [-0.2, -0.15) is 0 Å². The van der Waals surface area contributed by atoms with Crippen LogP contribution in [0.5, 0.6) is 0 Å². The van der Waals surface area contributed by atoms with Crippen LogP contribution in [0.25, 0.3) is 0 Å². The second kappa shape index (κ2) is 6.68. The normalized spacial score (nSPS) is 37.5. The molecule has 2 unspecified atom stereocenters. The molecule has 122 valence electrons. The molecule has 2 aliphatic rings. The number of nitrogens with one attached hydrogen (secondary N) is 1. The Labute approximate surface area is 130 Å². The van der Waals surface area contributed by atoms with Gasteiger partial charge in [0.25, 0.3) is 0 Å². The Kier molecular flexibility index (Phi) is 5.34. The van der Waals surface area contributed by atoms with Gasteiger partial charge in [-0.1, -0.05) is 34.1 Å². The van der Waals surface area contributed by atoms with Crippen LogP contribution in [-0.2, 0) is 4.79 Å². The first-order chi connectivity index (χ1) is 9.91. The lowest BCUT2D eigenvalue weighted by molar-refractivity contribution is -0.136. The Balaban J connectivity index is 2.11. The van der Waals surface area contributed by atoms with Crippen molar-refractivity contribution in [1.29, 1.82) is 0 Å². The molecule has 2 atom stereocenters. The maximum absolute atomic E-state index is 13.0. The van der Waals surface area contributed by atoms with Crippen molar-refractivity contribution in [2.24, 2.45) is 11.8 Å². The molecule has 0 aromatic heterocycles. The Morgan fingerprint density at radius 2 is 1.86 bits per heavy atom. The minimum atomic E-state index is -0.346. The van der Waals surface area contributed by atoms with Crippen LogP contribution in [0.2, 0.25) is 0 Å². The monoisotopic (exact) mass is 294 g/mol. The number of carbonyl (C=O) groups is 1. The molecule has 3 nitrogen and oxygen atoms in total. The first-order valence-electron chi connectivity index (χ1n) is 9.01. The third-order valence-electron chi connectivity index (χ3n) is 5.72. The maximum atomic E-state index is 13.0. The minimum Gasteiger partial charge on any atom is -0.323 e. The molecule has 1 saturated carbocycles. The minimum absolute atomic E-state index is 0.241. The van der Waals surface area contributed by atoms with Gasteiger partial charge in [-0.25, -0.2) is 0 Å². The van der Waals surface area contributed by atoms with E-state index in [1.807, 2.05) is 0 Å². The van der Waals surface area contributed by atoms with Gasteiger partial charge in [-0.3, -0.25) is 10.1 Å². The van der Waals surface area contributed by atoms with Crippen LogP contribution in [0.3, 0.4) is 0 Å². The summed E-state index contributed by atoms with van der Waals surface area (Å²) in [6, 6.07) is 0.463. The van der Waals surface area contributed by atoms with Gasteiger partial charge in [0.05, 0.1) is 11.7 Å². The maximum Gasteiger partial charge on any atom is 0.244 e. The van der Waals surface area contributed by atoms with E-state index in [4.69, 9.17) is 0 Å². The molecule has 1 amide bonds. The van der Waals surface area contributed by atoms with Gasteiger partial charge in [0.1, 0.15) is 0 Å². The van der Waals surface area contributed by atoms with E-state index in [2.05, 4.69) is 44.8 Å². The molecule has 1 aliphatic heterocycles. The van der Waals surface area contributed by atoms with Crippen LogP contribution in [0.1, 0.15) is 79.6 Å². The van der Waals surface area contributed by atoms with E-state index < -0.39 is 0 Å². The highest BCUT2D eigenvalue weighted by Crippen LogP contribution is 2.35. The average molecular weight is 294 g/mol. The van der Waals surface area contributed by atoms with Gasteiger partial charge in [0.2, 0.25) is 5.91 Å². The summed E-state index contributed by atoms with van der Waals surface area (Å²) in [5.74, 6) is 1.84. The topological polar surface area (TPSA) is 32.3 Å². The Hall–Kier alpha value is -0.570.